The van der Waals surface area contributed by atoms with Crippen LogP contribution in [0.1, 0.15) is 11.1 Å². The monoisotopic (exact) mass is 191 g/mol. The standard InChI is InChI=1S/C11H13NO2/c1-8-4-3-5-10(9(8)2)12-7-6-11(13)14/h3-7,12H,1-2H3,(H,13,14)/b7-6+. The Labute approximate surface area is 83.1 Å². The van der Waals surface area contributed by atoms with E-state index < -0.39 is 5.97 Å². The molecular weight excluding hydrogens is 178 g/mol. The molecule has 2 N–H and O–H groups in total. The zero-order chi connectivity index (χ0) is 10.6. The first-order valence-corrected chi connectivity index (χ1v) is 4.33. The van der Waals surface area contributed by atoms with Crippen LogP contribution in [0.15, 0.2) is 30.5 Å². The molecule has 0 saturated carbocycles. The molecule has 0 aromatic heterocycles. The van der Waals surface area contributed by atoms with Crippen molar-refractivity contribution in [1.82, 2.24) is 0 Å². The van der Waals surface area contributed by atoms with E-state index in [1.807, 2.05) is 32.0 Å². The fraction of sp³-hybridized carbons (Fsp3) is 0.182. The van der Waals surface area contributed by atoms with Gasteiger partial charge >= 0.3 is 5.97 Å². The fourth-order valence-corrected chi connectivity index (χ4v) is 1.11. The van der Waals surface area contributed by atoms with Gasteiger partial charge in [0.1, 0.15) is 0 Å². The largest absolute Gasteiger partial charge is 0.478 e. The summed E-state index contributed by atoms with van der Waals surface area (Å²) in [5.41, 5.74) is 3.24. The van der Waals surface area contributed by atoms with Crippen LogP contribution < -0.4 is 5.32 Å². The van der Waals surface area contributed by atoms with Gasteiger partial charge in [0.15, 0.2) is 0 Å². The number of benzene rings is 1. The second-order valence-electron chi connectivity index (χ2n) is 3.06. The first-order chi connectivity index (χ1) is 6.61. The topological polar surface area (TPSA) is 49.3 Å². The van der Waals surface area contributed by atoms with Gasteiger partial charge in [-0.25, -0.2) is 4.79 Å². The third kappa shape index (κ3) is 2.62. The molecule has 0 radical (unpaired) electrons. The van der Waals surface area contributed by atoms with Crippen molar-refractivity contribution in [2.24, 2.45) is 0 Å². The van der Waals surface area contributed by atoms with Crippen molar-refractivity contribution in [3.8, 4) is 0 Å². The Morgan fingerprint density at radius 2 is 2.14 bits per heavy atom. The quantitative estimate of drug-likeness (QED) is 0.721. The van der Waals surface area contributed by atoms with E-state index in [2.05, 4.69) is 5.32 Å². The summed E-state index contributed by atoms with van der Waals surface area (Å²) in [6.45, 7) is 4.01. The molecule has 0 aliphatic rings. The lowest BCUT2D eigenvalue weighted by Gasteiger charge is -2.07. The lowest BCUT2D eigenvalue weighted by atomic mass is 10.1. The molecule has 0 spiro atoms. The number of aliphatic carboxylic acids is 1. The van der Waals surface area contributed by atoms with Crippen molar-refractivity contribution < 1.29 is 9.90 Å². The Hall–Kier alpha value is -1.77. The highest BCUT2D eigenvalue weighted by atomic mass is 16.4. The van der Waals surface area contributed by atoms with Gasteiger partial charge in [0.05, 0.1) is 0 Å². The summed E-state index contributed by atoms with van der Waals surface area (Å²) in [6, 6.07) is 5.86. The average Bonchev–Trinajstić information content (AvgIpc) is 2.12. The first kappa shape index (κ1) is 10.3. The van der Waals surface area contributed by atoms with Crippen LogP contribution in [0, 0.1) is 13.8 Å². The number of anilines is 1. The molecule has 0 aliphatic heterocycles. The van der Waals surface area contributed by atoms with Crippen molar-refractivity contribution in [2.75, 3.05) is 5.32 Å². The van der Waals surface area contributed by atoms with Crippen LogP contribution in [0.25, 0.3) is 0 Å². The smallest absolute Gasteiger partial charge is 0.329 e. The lowest BCUT2D eigenvalue weighted by Crippen LogP contribution is -1.95. The van der Waals surface area contributed by atoms with Crippen LogP contribution in [-0.4, -0.2) is 11.1 Å². The van der Waals surface area contributed by atoms with Gasteiger partial charge in [-0.1, -0.05) is 12.1 Å². The van der Waals surface area contributed by atoms with Gasteiger partial charge in [-0.15, -0.1) is 0 Å². The number of rotatable bonds is 3. The second kappa shape index (κ2) is 4.46. The Morgan fingerprint density at radius 3 is 2.79 bits per heavy atom. The average molecular weight is 191 g/mol. The van der Waals surface area contributed by atoms with Gasteiger partial charge in [-0.05, 0) is 31.0 Å². The van der Waals surface area contributed by atoms with Crippen LogP contribution in [0.2, 0.25) is 0 Å². The summed E-state index contributed by atoms with van der Waals surface area (Å²) in [6.07, 6.45) is 2.49. The van der Waals surface area contributed by atoms with Gasteiger partial charge in [0.2, 0.25) is 0 Å². The molecular formula is C11H13NO2. The number of hydrogen-bond acceptors (Lipinski definition) is 2. The summed E-state index contributed by atoms with van der Waals surface area (Å²) in [5, 5.41) is 11.3. The van der Waals surface area contributed by atoms with E-state index >= 15 is 0 Å². The minimum atomic E-state index is -0.956. The lowest BCUT2D eigenvalue weighted by molar-refractivity contribution is -0.131. The van der Waals surface area contributed by atoms with Crippen LogP contribution in [0.5, 0.6) is 0 Å². The highest BCUT2D eigenvalue weighted by molar-refractivity contribution is 5.80. The molecule has 0 unspecified atom stereocenters. The third-order valence-corrected chi connectivity index (χ3v) is 2.07. The maximum absolute atomic E-state index is 10.2. The van der Waals surface area contributed by atoms with Gasteiger partial charge in [0, 0.05) is 18.0 Å². The maximum atomic E-state index is 10.2. The molecule has 0 heterocycles. The normalized spacial score (nSPS) is 10.4. The Morgan fingerprint density at radius 1 is 1.43 bits per heavy atom. The van der Waals surface area contributed by atoms with E-state index in [1.165, 1.54) is 11.8 Å². The summed E-state index contributed by atoms with van der Waals surface area (Å²) in [5.74, 6) is -0.956. The molecule has 0 saturated heterocycles. The van der Waals surface area contributed by atoms with E-state index in [0.29, 0.717) is 0 Å². The van der Waals surface area contributed by atoms with Crippen LogP contribution in [0.4, 0.5) is 5.69 Å². The predicted octanol–water partition coefficient (Wildman–Crippen LogP) is 2.31. The number of carbonyl (C=O) groups is 1. The molecule has 0 atom stereocenters. The molecule has 1 aromatic rings. The number of hydrogen-bond donors (Lipinski definition) is 2. The van der Waals surface area contributed by atoms with E-state index in [0.717, 1.165) is 17.3 Å². The number of aryl methyl sites for hydroxylation is 1. The molecule has 3 heteroatoms. The summed E-state index contributed by atoms with van der Waals surface area (Å²) in [4.78, 5) is 10.2. The number of carboxylic acids is 1. The number of nitrogens with one attached hydrogen (secondary N) is 1. The maximum Gasteiger partial charge on any atom is 0.329 e. The van der Waals surface area contributed by atoms with Gasteiger partial charge in [-0.2, -0.15) is 0 Å². The van der Waals surface area contributed by atoms with Gasteiger partial charge in [-0.3, -0.25) is 0 Å². The minimum Gasteiger partial charge on any atom is -0.478 e. The Balaban J connectivity index is 2.77. The third-order valence-electron chi connectivity index (χ3n) is 2.07. The minimum absolute atomic E-state index is 0.933. The van der Waals surface area contributed by atoms with Crippen molar-refractivity contribution in [2.45, 2.75) is 13.8 Å². The summed E-state index contributed by atoms with van der Waals surface area (Å²) >= 11 is 0. The molecule has 1 rings (SSSR count). The highest BCUT2D eigenvalue weighted by Gasteiger charge is 1.97. The van der Waals surface area contributed by atoms with Gasteiger partial charge < -0.3 is 10.4 Å². The molecule has 0 fully saturated rings. The molecule has 3 nitrogen and oxygen atoms in total. The van der Waals surface area contributed by atoms with Gasteiger partial charge in [0.25, 0.3) is 0 Å². The fourth-order valence-electron chi connectivity index (χ4n) is 1.11. The van der Waals surface area contributed by atoms with Crippen molar-refractivity contribution in [3.05, 3.63) is 41.6 Å². The Bertz CT molecular complexity index is 370. The van der Waals surface area contributed by atoms with E-state index in [-0.39, 0.29) is 0 Å². The van der Waals surface area contributed by atoms with E-state index in [1.54, 1.807) is 0 Å². The molecule has 0 bridgehead atoms. The molecule has 1 aromatic carbocycles. The van der Waals surface area contributed by atoms with Crippen molar-refractivity contribution in [1.29, 1.82) is 0 Å². The summed E-state index contributed by atoms with van der Waals surface area (Å²) < 4.78 is 0. The first-order valence-electron chi connectivity index (χ1n) is 4.33. The van der Waals surface area contributed by atoms with Crippen molar-refractivity contribution >= 4 is 11.7 Å². The predicted molar refractivity (Wildman–Crippen MR) is 56.3 cm³/mol. The zero-order valence-corrected chi connectivity index (χ0v) is 8.24. The zero-order valence-electron chi connectivity index (χ0n) is 8.24. The van der Waals surface area contributed by atoms with Crippen LogP contribution in [0.3, 0.4) is 0 Å². The highest BCUT2D eigenvalue weighted by Crippen LogP contribution is 2.17. The Kier molecular flexibility index (Phi) is 3.29. The molecule has 0 aliphatic carbocycles. The molecule has 0 amide bonds. The molecule has 14 heavy (non-hydrogen) atoms. The summed E-state index contributed by atoms with van der Waals surface area (Å²) in [7, 11) is 0. The van der Waals surface area contributed by atoms with E-state index in [9.17, 15) is 4.79 Å². The molecule has 74 valence electrons. The SMILES string of the molecule is Cc1cccc(N/C=C/C(=O)O)c1C. The van der Waals surface area contributed by atoms with E-state index in [4.69, 9.17) is 5.11 Å². The van der Waals surface area contributed by atoms with Crippen LogP contribution >= 0.6 is 0 Å². The van der Waals surface area contributed by atoms with Crippen LogP contribution in [-0.2, 0) is 4.79 Å². The number of carboxylic acid groups (broad SMARTS) is 1. The second-order valence-corrected chi connectivity index (χ2v) is 3.06. The van der Waals surface area contributed by atoms with Crippen molar-refractivity contribution in [3.63, 3.8) is 0 Å².